The molecule has 1 heterocycles. The molecule has 19 heavy (non-hydrogen) atoms. The van der Waals surface area contributed by atoms with Crippen molar-refractivity contribution in [3.05, 3.63) is 52.9 Å². The van der Waals surface area contributed by atoms with Crippen LogP contribution in [0.4, 0.5) is 8.78 Å². The molecule has 0 amide bonds. The maximum absolute atomic E-state index is 13.2. The molecule has 3 nitrogen and oxygen atoms in total. The van der Waals surface area contributed by atoms with Gasteiger partial charge in [0.15, 0.2) is 11.6 Å². The summed E-state index contributed by atoms with van der Waals surface area (Å²) in [5, 5.41) is 7.39. The molecule has 1 N–H and O–H groups in total. The molecule has 1 unspecified atom stereocenters. The van der Waals surface area contributed by atoms with E-state index in [0.717, 1.165) is 22.9 Å². The van der Waals surface area contributed by atoms with Gasteiger partial charge in [-0.1, -0.05) is 6.07 Å². The normalized spacial score (nSPS) is 12.7. The topological polar surface area (TPSA) is 29.9 Å². The van der Waals surface area contributed by atoms with Crippen molar-refractivity contribution in [2.75, 3.05) is 7.05 Å². The molecule has 0 bridgehead atoms. The van der Waals surface area contributed by atoms with Crippen LogP contribution >= 0.6 is 0 Å². The first-order chi connectivity index (χ1) is 9.02. The zero-order valence-electron chi connectivity index (χ0n) is 11.2. The third kappa shape index (κ3) is 2.81. The number of hydrogen-bond donors (Lipinski definition) is 1. The minimum atomic E-state index is -0.817. The van der Waals surface area contributed by atoms with Gasteiger partial charge in [-0.3, -0.25) is 4.68 Å². The number of nitrogens with zero attached hydrogens (tertiary/aromatic N) is 2. The van der Waals surface area contributed by atoms with Gasteiger partial charge in [-0.25, -0.2) is 8.78 Å². The molecular formula is C14H17F2N3. The molecule has 2 aromatic rings. The lowest BCUT2D eigenvalue weighted by molar-refractivity contribution is 0.504. The number of nitrogens with one attached hydrogen (secondary N) is 1. The summed E-state index contributed by atoms with van der Waals surface area (Å²) < 4.78 is 27.9. The molecule has 0 aliphatic rings. The van der Waals surface area contributed by atoms with Crippen LogP contribution in [0.2, 0.25) is 0 Å². The fourth-order valence-corrected chi connectivity index (χ4v) is 2.13. The fraction of sp³-hybridized carbons (Fsp3) is 0.357. The van der Waals surface area contributed by atoms with Crippen molar-refractivity contribution in [3.63, 3.8) is 0 Å². The zero-order chi connectivity index (χ0) is 14.0. The van der Waals surface area contributed by atoms with Crippen LogP contribution in [0, 0.1) is 18.6 Å². The van der Waals surface area contributed by atoms with Crippen molar-refractivity contribution in [1.29, 1.82) is 0 Å². The van der Waals surface area contributed by atoms with Gasteiger partial charge in [0.25, 0.3) is 0 Å². The predicted molar refractivity (Wildman–Crippen MR) is 69.8 cm³/mol. The molecule has 1 atom stereocenters. The summed E-state index contributed by atoms with van der Waals surface area (Å²) in [6, 6.07) is 4.03. The largest absolute Gasteiger partial charge is 0.313 e. The van der Waals surface area contributed by atoms with Crippen LogP contribution in [-0.4, -0.2) is 16.8 Å². The SMILES string of the molecule is CNC(Cc1ccc(F)c(F)c1)c1cnn(C)c1C. The molecule has 2 rings (SSSR count). The van der Waals surface area contributed by atoms with Gasteiger partial charge < -0.3 is 5.32 Å². The third-order valence-corrected chi connectivity index (χ3v) is 3.42. The number of aryl methyl sites for hydroxylation is 1. The minimum absolute atomic E-state index is 0.0264. The van der Waals surface area contributed by atoms with Crippen molar-refractivity contribution in [2.45, 2.75) is 19.4 Å². The summed E-state index contributed by atoms with van der Waals surface area (Å²) >= 11 is 0. The lowest BCUT2D eigenvalue weighted by Gasteiger charge is -2.16. The second-order valence-corrected chi connectivity index (χ2v) is 4.60. The van der Waals surface area contributed by atoms with E-state index in [1.807, 2.05) is 21.0 Å². The molecule has 0 aliphatic heterocycles. The first-order valence-corrected chi connectivity index (χ1v) is 6.12. The molecule has 0 spiro atoms. The molecule has 0 radical (unpaired) electrons. The van der Waals surface area contributed by atoms with Gasteiger partial charge in [-0.05, 0) is 38.1 Å². The van der Waals surface area contributed by atoms with Crippen LogP contribution in [0.3, 0.4) is 0 Å². The van der Waals surface area contributed by atoms with Crippen molar-refractivity contribution in [2.24, 2.45) is 7.05 Å². The second-order valence-electron chi connectivity index (χ2n) is 4.60. The van der Waals surface area contributed by atoms with Gasteiger partial charge in [0, 0.05) is 24.3 Å². The number of hydrogen-bond acceptors (Lipinski definition) is 2. The van der Waals surface area contributed by atoms with Gasteiger partial charge >= 0.3 is 0 Å². The maximum Gasteiger partial charge on any atom is 0.159 e. The van der Waals surface area contributed by atoms with Crippen LogP contribution in [0.1, 0.15) is 22.9 Å². The number of halogens is 2. The lowest BCUT2D eigenvalue weighted by atomic mass is 9.99. The summed E-state index contributed by atoms with van der Waals surface area (Å²) in [5.74, 6) is -1.63. The average molecular weight is 265 g/mol. The molecule has 0 saturated carbocycles. The van der Waals surface area contributed by atoms with E-state index >= 15 is 0 Å². The van der Waals surface area contributed by atoms with E-state index in [4.69, 9.17) is 0 Å². The minimum Gasteiger partial charge on any atom is -0.313 e. The Morgan fingerprint density at radius 3 is 2.58 bits per heavy atom. The highest BCUT2D eigenvalue weighted by Crippen LogP contribution is 2.21. The van der Waals surface area contributed by atoms with E-state index in [-0.39, 0.29) is 6.04 Å². The summed E-state index contributed by atoms with van der Waals surface area (Å²) in [5.41, 5.74) is 2.87. The van der Waals surface area contributed by atoms with Crippen LogP contribution in [0.5, 0.6) is 0 Å². The van der Waals surface area contributed by atoms with Gasteiger partial charge in [0.05, 0.1) is 6.20 Å². The summed E-state index contributed by atoms with van der Waals surface area (Å²) in [6.45, 7) is 1.98. The first-order valence-electron chi connectivity index (χ1n) is 6.12. The van der Waals surface area contributed by atoms with Gasteiger partial charge in [0.2, 0.25) is 0 Å². The van der Waals surface area contributed by atoms with Crippen LogP contribution in [0.15, 0.2) is 24.4 Å². The van der Waals surface area contributed by atoms with E-state index in [0.29, 0.717) is 6.42 Å². The molecule has 5 heteroatoms. The average Bonchev–Trinajstić information content (AvgIpc) is 2.72. The highest BCUT2D eigenvalue weighted by molar-refractivity contribution is 5.25. The summed E-state index contributed by atoms with van der Waals surface area (Å²) in [7, 11) is 3.72. The van der Waals surface area contributed by atoms with Crippen molar-refractivity contribution >= 4 is 0 Å². The van der Waals surface area contributed by atoms with Gasteiger partial charge in [0.1, 0.15) is 0 Å². The standard InChI is InChI=1S/C14H17F2N3/c1-9-11(8-18-19(9)3)14(17-2)7-10-4-5-12(15)13(16)6-10/h4-6,8,14,17H,7H2,1-3H3. The third-order valence-electron chi connectivity index (χ3n) is 3.42. The maximum atomic E-state index is 13.2. The first kappa shape index (κ1) is 13.7. The Morgan fingerprint density at radius 1 is 1.32 bits per heavy atom. The van der Waals surface area contributed by atoms with Gasteiger partial charge in [-0.15, -0.1) is 0 Å². The number of likely N-dealkylation sites (N-methyl/N-ethyl adjacent to an activating group) is 1. The number of benzene rings is 1. The second kappa shape index (κ2) is 5.48. The fourth-order valence-electron chi connectivity index (χ4n) is 2.13. The Hall–Kier alpha value is -1.75. The summed E-state index contributed by atoms with van der Waals surface area (Å²) in [6.07, 6.45) is 2.39. The molecule has 102 valence electrons. The van der Waals surface area contributed by atoms with E-state index in [1.54, 1.807) is 16.9 Å². The van der Waals surface area contributed by atoms with Crippen molar-refractivity contribution in [1.82, 2.24) is 15.1 Å². The van der Waals surface area contributed by atoms with Crippen LogP contribution < -0.4 is 5.32 Å². The Bertz CT molecular complexity index is 578. The lowest BCUT2D eigenvalue weighted by Crippen LogP contribution is -2.19. The van der Waals surface area contributed by atoms with Crippen molar-refractivity contribution < 1.29 is 8.78 Å². The monoisotopic (exact) mass is 265 g/mol. The zero-order valence-corrected chi connectivity index (χ0v) is 11.2. The van der Waals surface area contributed by atoms with E-state index < -0.39 is 11.6 Å². The molecule has 1 aromatic carbocycles. The highest BCUT2D eigenvalue weighted by atomic mass is 19.2. The number of rotatable bonds is 4. The Kier molecular flexibility index (Phi) is 3.95. The predicted octanol–water partition coefficient (Wildman–Crippen LogP) is 2.51. The van der Waals surface area contributed by atoms with Crippen molar-refractivity contribution in [3.8, 4) is 0 Å². The van der Waals surface area contributed by atoms with E-state index in [1.165, 1.54) is 6.07 Å². The smallest absolute Gasteiger partial charge is 0.159 e. The molecular weight excluding hydrogens is 248 g/mol. The van der Waals surface area contributed by atoms with Crippen LogP contribution in [-0.2, 0) is 13.5 Å². The molecule has 1 aromatic heterocycles. The molecule has 0 fully saturated rings. The quantitative estimate of drug-likeness (QED) is 0.920. The van der Waals surface area contributed by atoms with E-state index in [9.17, 15) is 8.78 Å². The van der Waals surface area contributed by atoms with Crippen LogP contribution in [0.25, 0.3) is 0 Å². The Balaban J connectivity index is 2.24. The van der Waals surface area contributed by atoms with E-state index in [2.05, 4.69) is 10.4 Å². The molecule has 0 saturated heterocycles. The Labute approximate surface area is 111 Å². The number of aromatic nitrogens is 2. The highest BCUT2D eigenvalue weighted by Gasteiger charge is 2.16. The van der Waals surface area contributed by atoms with Gasteiger partial charge in [-0.2, -0.15) is 5.10 Å². The Morgan fingerprint density at radius 2 is 2.05 bits per heavy atom. The summed E-state index contributed by atoms with van der Waals surface area (Å²) in [4.78, 5) is 0. The molecule has 0 aliphatic carbocycles.